The zero-order chi connectivity index (χ0) is 14.7. The number of aromatic nitrogens is 1. The molecule has 2 rings (SSSR count). The predicted molar refractivity (Wildman–Crippen MR) is 79.6 cm³/mol. The van der Waals surface area contributed by atoms with Crippen molar-refractivity contribution in [1.82, 2.24) is 4.98 Å². The van der Waals surface area contributed by atoms with Crippen LogP contribution in [0.4, 0.5) is 4.39 Å². The number of halogens is 2. The molecule has 0 spiro atoms. The van der Waals surface area contributed by atoms with Crippen molar-refractivity contribution in [2.75, 3.05) is 0 Å². The summed E-state index contributed by atoms with van der Waals surface area (Å²) < 4.78 is 19.1. The topological polar surface area (TPSA) is 39.2 Å². The van der Waals surface area contributed by atoms with Gasteiger partial charge in [-0.3, -0.25) is 4.79 Å². The first kappa shape index (κ1) is 15.1. The van der Waals surface area contributed by atoms with Gasteiger partial charge in [0.25, 0.3) is 0 Å². The largest absolute Gasteiger partial charge is 0.423 e. The molecular weight excluding hydrogens is 345 g/mol. The Morgan fingerprint density at radius 2 is 2.25 bits per heavy atom. The molecule has 0 bridgehead atoms. The Bertz CT molecular complexity index is 627. The normalized spacial score (nSPS) is 10.8. The van der Waals surface area contributed by atoms with Gasteiger partial charge in [-0.1, -0.05) is 29.8 Å². The average Bonchev–Trinajstić information content (AvgIpc) is 2.81. The second-order valence-electron chi connectivity index (χ2n) is 4.56. The van der Waals surface area contributed by atoms with Crippen molar-refractivity contribution in [2.45, 2.75) is 26.2 Å². The number of ether oxygens (including phenoxy) is 1. The lowest BCUT2D eigenvalue weighted by atomic mass is 10.2. The first-order valence-electron chi connectivity index (χ1n) is 6.05. The summed E-state index contributed by atoms with van der Waals surface area (Å²) in [6, 6.07) is 4.28. The van der Waals surface area contributed by atoms with Gasteiger partial charge in [0.1, 0.15) is 0 Å². The van der Waals surface area contributed by atoms with Gasteiger partial charge in [0.2, 0.25) is 0 Å². The molecule has 1 aromatic carbocycles. The summed E-state index contributed by atoms with van der Waals surface area (Å²) in [5.41, 5.74) is 0.654. The van der Waals surface area contributed by atoms with E-state index in [1.807, 2.05) is 19.2 Å². The lowest BCUT2D eigenvalue weighted by Gasteiger charge is -2.04. The van der Waals surface area contributed by atoms with Crippen molar-refractivity contribution in [2.24, 2.45) is 0 Å². The molecule has 0 aliphatic rings. The summed E-state index contributed by atoms with van der Waals surface area (Å²) in [6.45, 7) is 4.08. The Hall–Kier alpha value is -1.27. The fraction of sp³-hybridized carbons (Fsp3) is 0.286. The van der Waals surface area contributed by atoms with E-state index in [9.17, 15) is 9.18 Å². The van der Waals surface area contributed by atoms with Gasteiger partial charge in [0, 0.05) is 15.8 Å². The van der Waals surface area contributed by atoms with Gasteiger partial charge in [-0.15, -0.1) is 11.3 Å². The van der Waals surface area contributed by atoms with Gasteiger partial charge in [0.05, 0.1) is 17.1 Å². The first-order chi connectivity index (χ1) is 9.45. The molecule has 20 heavy (non-hydrogen) atoms. The molecule has 1 aromatic heterocycles. The second kappa shape index (κ2) is 6.45. The van der Waals surface area contributed by atoms with Crippen LogP contribution in [0.2, 0.25) is 0 Å². The first-order valence-corrected chi connectivity index (χ1v) is 7.73. The number of esters is 1. The molecule has 2 aromatic rings. The standard InChI is InChI=1S/C14H13BrFNO2S/c1-8(2)14-17-10(7-20-14)6-13(18)19-12-4-3-9(15)5-11(12)16/h3-5,7-8H,6H2,1-2H3. The Morgan fingerprint density at radius 3 is 2.85 bits per heavy atom. The summed E-state index contributed by atoms with van der Waals surface area (Å²) >= 11 is 4.66. The molecule has 0 radical (unpaired) electrons. The number of rotatable bonds is 4. The molecule has 0 atom stereocenters. The molecule has 106 valence electrons. The minimum Gasteiger partial charge on any atom is -0.423 e. The van der Waals surface area contributed by atoms with E-state index >= 15 is 0 Å². The van der Waals surface area contributed by atoms with Crippen LogP contribution in [-0.2, 0) is 11.2 Å². The van der Waals surface area contributed by atoms with Crippen LogP contribution in [0.1, 0.15) is 30.5 Å². The summed E-state index contributed by atoms with van der Waals surface area (Å²) in [4.78, 5) is 16.1. The van der Waals surface area contributed by atoms with Crippen LogP contribution in [0.25, 0.3) is 0 Å². The fourth-order valence-electron chi connectivity index (χ4n) is 1.53. The molecule has 0 N–H and O–H groups in total. The second-order valence-corrected chi connectivity index (χ2v) is 6.36. The van der Waals surface area contributed by atoms with Crippen LogP contribution in [0.5, 0.6) is 5.75 Å². The van der Waals surface area contributed by atoms with Crippen molar-refractivity contribution in [3.05, 3.63) is 44.6 Å². The molecule has 1 heterocycles. The summed E-state index contributed by atoms with van der Waals surface area (Å²) in [7, 11) is 0. The van der Waals surface area contributed by atoms with Gasteiger partial charge in [-0.25, -0.2) is 9.37 Å². The predicted octanol–water partition coefficient (Wildman–Crippen LogP) is 4.32. The summed E-state index contributed by atoms with van der Waals surface area (Å²) in [6.07, 6.45) is 0.0404. The Labute approximate surface area is 128 Å². The lowest BCUT2D eigenvalue weighted by molar-refractivity contribution is -0.133. The van der Waals surface area contributed by atoms with Crippen molar-refractivity contribution >= 4 is 33.2 Å². The van der Waals surface area contributed by atoms with Crippen molar-refractivity contribution in [3.8, 4) is 5.75 Å². The zero-order valence-electron chi connectivity index (χ0n) is 11.0. The van der Waals surface area contributed by atoms with Crippen LogP contribution >= 0.6 is 27.3 Å². The minimum atomic E-state index is -0.575. The van der Waals surface area contributed by atoms with Gasteiger partial charge in [-0.05, 0) is 18.2 Å². The smallest absolute Gasteiger partial charge is 0.317 e. The Morgan fingerprint density at radius 1 is 1.50 bits per heavy atom. The summed E-state index contributed by atoms with van der Waals surface area (Å²) in [5.74, 6) is -0.841. The monoisotopic (exact) mass is 357 g/mol. The highest BCUT2D eigenvalue weighted by atomic mass is 79.9. The van der Waals surface area contributed by atoms with E-state index in [0.717, 1.165) is 5.01 Å². The highest BCUT2D eigenvalue weighted by molar-refractivity contribution is 9.10. The van der Waals surface area contributed by atoms with E-state index in [2.05, 4.69) is 20.9 Å². The van der Waals surface area contributed by atoms with Crippen LogP contribution in [0.3, 0.4) is 0 Å². The van der Waals surface area contributed by atoms with E-state index in [-0.39, 0.29) is 12.2 Å². The van der Waals surface area contributed by atoms with Gasteiger partial charge < -0.3 is 4.74 Å². The minimum absolute atomic E-state index is 0.0404. The third kappa shape index (κ3) is 3.86. The third-order valence-electron chi connectivity index (χ3n) is 2.51. The van der Waals surface area contributed by atoms with E-state index < -0.39 is 11.8 Å². The molecule has 0 aliphatic carbocycles. The maximum absolute atomic E-state index is 13.5. The van der Waals surface area contributed by atoms with Crippen LogP contribution in [0, 0.1) is 5.82 Å². The molecule has 6 heteroatoms. The molecule has 0 saturated carbocycles. The maximum Gasteiger partial charge on any atom is 0.317 e. The number of nitrogens with zero attached hydrogens (tertiary/aromatic N) is 1. The summed E-state index contributed by atoms with van der Waals surface area (Å²) in [5, 5.41) is 2.80. The zero-order valence-corrected chi connectivity index (χ0v) is 13.4. The van der Waals surface area contributed by atoms with Crippen LogP contribution in [0.15, 0.2) is 28.1 Å². The number of carbonyl (C=O) groups excluding carboxylic acids is 1. The van der Waals surface area contributed by atoms with Gasteiger partial charge in [0.15, 0.2) is 11.6 Å². The number of thiazole rings is 1. The molecule has 0 unspecified atom stereocenters. The maximum atomic E-state index is 13.5. The molecule has 0 amide bonds. The quantitative estimate of drug-likeness (QED) is 0.604. The molecule has 0 saturated heterocycles. The van der Waals surface area contributed by atoms with E-state index in [1.165, 1.54) is 23.5 Å². The molecular formula is C14H13BrFNO2S. The van der Waals surface area contributed by atoms with Crippen molar-refractivity contribution < 1.29 is 13.9 Å². The van der Waals surface area contributed by atoms with Crippen LogP contribution < -0.4 is 4.74 Å². The lowest BCUT2D eigenvalue weighted by Crippen LogP contribution is -2.12. The van der Waals surface area contributed by atoms with E-state index in [0.29, 0.717) is 16.1 Å². The average molecular weight is 358 g/mol. The van der Waals surface area contributed by atoms with Crippen LogP contribution in [-0.4, -0.2) is 11.0 Å². The number of benzene rings is 1. The van der Waals surface area contributed by atoms with E-state index in [4.69, 9.17) is 4.74 Å². The molecule has 0 aliphatic heterocycles. The highest BCUT2D eigenvalue weighted by Gasteiger charge is 2.13. The SMILES string of the molecule is CC(C)c1nc(CC(=O)Oc2ccc(Br)cc2F)cs1. The fourth-order valence-corrected chi connectivity index (χ4v) is 2.70. The third-order valence-corrected chi connectivity index (χ3v) is 4.19. The highest BCUT2D eigenvalue weighted by Crippen LogP contribution is 2.23. The van der Waals surface area contributed by atoms with Crippen molar-refractivity contribution in [1.29, 1.82) is 0 Å². The number of hydrogen-bond acceptors (Lipinski definition) is 4. The van der Waals surface area contributed by atoms with Gasteiger partial charge >= 0.3 is 5.97 Å². The molecule has 3 nitrogen and oxygen atoms in total. The molecule has 0 fully saturated rings. The van der Waals surface area contributed by atoms with E-state index in [1.54, 1.807) is 6.07 Å². The van der Waals surface area contributed by atoms with Gasteiger partial charge in [-0.2, -0.15) is 0 Å². The van der Waals surface area contributed by atoms with Crippen molar-refractivity contribution in [3.63, 3.8) is 0 Å². The Balaban J connectivity index is 2.01. The Kier molecular flexibility index (Phi) is 4.88. The number of hydrogen-bond donors (Lipinski definition) is 0. The number of carbonyl (C=O) groups is 1.